The number of ether oxygens (including phenoxy) is 1. The molecule has 0 aliphatic rings. The topological polar surface area (TPSA) is 46.6 Å². The fourth-order valence-electron chi connectivity index (χ4n) is 3.44. The van der Waals surface area contributed by atoms with Crippen LogP contribution in [0.2, 0.25) is 0 Å². The first kappa shape index (κ1) is 21.3. The minimum Gasteiger partial charge on any atom is -0.459 e. The molecule has 0 bridgehead atoms. The molecule has 0 fully saturated rings. The molecule has 1 amide bonds. The second kappa shape index (κ2) is 10.4. The number of esters is 1. The van der Waals surface area contributed by atoms with Crippen molar-refractivity contribution in [3.05, 3.63) is 108 Å². The van der Waals surface area contributed by atoms with Gasteiger partial charge < -0.3 is 9.64 Å². The van der Waals surface area contributed by atoms with Crippen LogP contribution >= 0.6 is 0 Å². The van der Waals surface area contributed by atoms with Gasteiger partial charge in [0.25, 0.3) is 5.91 Å². The number of carbonyl (C=O) groups excluding carboxylic acids is 2. The van der Waals surface area contributed by atoms with Crippen molar-refractivity contribution in [2.45, 2.75) is 39.0 Å². The van der Waals surface area contributed by atoms with Crippen LogP contribution in [0.25, 0.3) is 0 Å². The average molecular weight is 402 g/mol. The second-order valence-electron chi connectivity index (χ2n) is 7.45. The highest BCUT2D eigenvalue weighted by atomic mass is 16.5. The molecule has 3 rings (SSSR count). The summed E-state index contributed by atoms with van der Waals surface area (Å²) in [4.78, 5) is 27.4. The highest BCUT2D eigenvalue weighted by Gasteiger charge is 2.24. The lowest BCUT2D eigenvalue weighted by atomic mass is 10.1. The Kier molecular flexibility index (Phi) is 7.39. The van der Waals surface area contributed by atoms with E-state index in [2.05, 4.69) is 0 Å². The van der Waals surface area contributed by atoms with Gasteiger partial charge in [-0.3, -0.25) is 4.79 Å². The predicted octanol–water partition coefficient (Wildman–Crippen LogP) is 5.35. The molecule has 0 spiro atoms. The van der Waals surface area contributed by atoms with Crippen molar-refractivity contribution in [2.75, 3.05) is 0 Å². The number of benzene rings is 3. The Morgan fingerprint density at radius 2 is 1.27 bits per heavy atom. The highest BCUT2D eigenvalue weighted by molar-refractivity contribution is 5.94. The molecule has 0 aromatic heterocycles. The highest BCUT2D eigenvalue weighted by Crippen LogP contribution is 2.18. The number of nitrogens with zero attached hydrogens (tertiary/aromatic N) is 1. The first-order valence-corrected chi connectivity index (χ1v) is 10.2. The van der Waals surface area contributed by atoms with E-state index in [1.54, 1.807) is 12.1 Å². The fourth-order valence-corrected chi connectivity index (χ4v) is 3.44. The van der Waals surface area contributed by atoms with Gasteiger partial charge in [-0.2, -0.15) is 0 Å². The Morgan fingerprint density at radius 3 is 1.83 bits per heavy atom. The van der Waals surface area contributed by atoms with Crippen LogP contribution in [0.1, 0.15) is 46.5 Å². The molecule has 30 heavy (non-hydrogen) atoms. The Morgan fingerprint density at radius 1 is 0.767 bits per heavy atom. The van der Waals surface area contributed by atoms with Gasteiger partial charge in [0, 0.05) is 24.6 Å². The standard InChI is InChI=1S/C26H27NO3/c1-20(18-21(2)30-26(29)24-16-10-5-11-17-24)27(19-22-12-6-3-7-13-22)25(28)23-14-8-4-9-15-23/h3-17,20-21H,18-19H2,1-2H3. The van der Waals surface area contributed by atoms with Crippen LogP contribution in [0.15, 0.2) is 91.0 Å². The van der Waals surface area contributed by atoms with Crippen LogP contribution in [0.5, 0.6) is 0 Å². The van der Waals surface area contributed by atoms with Crippen LogP contribution in [-0.4, -0.2) is 28.9 Å². The molecule has 0 aliphatic carbocycles. The van der Waals surface area contributed by atoms with Gasteiger partial charge in [0.1, 0.15) is 6.10 Å². The molecule has 4 nitrogen and oxygen atoms in total. The zero-order valence-corrected chi connectivity index (χ0v) is 17.4. The monoisotopic (exact) mass is 401 g/mol. The van der Waals surface area contributed by atoms with Crippen molar-refractivity contribution in [3.8, 4) is 0 Å². The Bertz CT molecular complexity index is 942. The van der Waals surface area contributed by atoms with Crippen LogP contribution in [0, 0.1) is 0 Å². The van der Waals surface area contributed by atoms with Crippen molar-refractivity contribution in [2.24, 2.45) is 0 Å². The van der Waals surface area contributed by atoms with Crippen molar-refractivity contribution in [3.63, 3.8) is 0 Å². The maximum Gasteiger partial charge on any atom is 0.338 e. The zero-order valence-electron chi connectivity index (χ0n) is 17.4. The van der Waals surface area contributed by atoms with E-state index in [9.17, 15) is 9.59 Å². The molecule has 3 aromatic carbocycles. The summed E-state index contributed by atoms with van der Waals surface area (Å²) in [6.45, 7) is 4.36. The van der Waals surface area contributed by atoms with Crippen molar-refractivity contribution >= 4 is 11.9 Å². The molecular formula is C26H27NO3. The number of amides is 1. The van der Waals surface area contributed by atoms with Gasteiger partial charge in [0.2, 0.25) is 0 Å². The Balaban J connectivity index is 1.71. The molecule has 0 heterocycles. The summed E-state index contributed by atoms with van der Waals surface area (Å²) in [5.41, 5.74) is 2.23. The third-order valence-electron chi connectivity index (χ3n) is 5.00. The maximum absolute atomic E-state index is 13.2. The van der Waals surface area contributed by atoms with Crippen molar-refractivity contribution in [1.82, 2.24) is 4.90 Å². The van der Waals surface area contributed by atoms with Crippen molar-refractivity contribution < 1.29 is 14.3 Å². The molecule has 0 aliphatic heterocycles. The fraction of sp³-hybridized carbons (Fsp3) is 0.231. The van der Waals surface area contributed by atoms with Crippen LogP contribution in [-0.2, 0) is 11.3 Å². The maximum atomic E-state index is 13.2. The van der Waals surface area contributed by atoms with Crippen LogP contribution < -0.4 is 0 Å². The van der Waals surface area contributed by atoms with E-state index in [1.807, 2.05) is 97.6 Å². The number of rotatable bonds is 8. The molecule has 0 N–H and O–H groups in total. The normalized spacial score (nSPS) is 12.6. The summed E-state index contributed by atoms with van der Waals surface area (Å²) in [6.07, 6.45) is 0.221. The minimum atomic E-state index is -0.348. The number of hydrogen-bond acceptors (Lipinski definition) is 3. The minimum absolute atomic E-state index is 0.0338. The van der Waals surface area contributed by atoms with Gasteiger partial charge in [-0.1, -0.05) is 66.7 Å². The predicted molar refractivity (Wildman–Crippen MR) is 118 cm³/mol. The van der Waals surface area contributed by atoms with Gasteiger partial charge >= 0.3 is 5.97 Å². The van der Waals surface area contributed by atoms with Gasteiger partial charge in [-0.15, -0.1) is 0 Å². The van der Waals surface area contributed by atoms with E-state index in [0.717, 1.165) is 5.56 Å². The average Bonchev–Trinajstić information content (AvgIpc) is 2.78. The molecule has 2 atom stereocenters. The summed E-state index contributed by atoms with van der Waals surface area (Å²) in [5, 5.41) is 0. The summed E-state index contributed by atoms with van der Waals surface area (Å²) in [7, 11) is 0. The van der Waals surface area contributed by atoms with E-state index < -0.39 is 0 Å². The SMILES string of the molecule is CC(CC(C)N(Cc1ccccc1)C(=O)c1ccccc1)OC(=O)c1ccccc1. The lowest BCUT2D eigenvalue weighted by Gasteiger charge is -2.31. The second-order valence-corrected chi connectivity index (χ2v) is 7.45. The molecular weight excluding hydrogens is 374 g/mol. The van der Waals surface area contributed by atoms with E-state index in [1.165, 1.54) is 0 Å². The molecule has 0 saturated carbocycles. The smallest absolute Gasteiger partial charge is 0.338 e. The van der Waals surface area contributed by atoms with Gasteiger partial charge in [-0.25, -0.2) is 4.79 Å². The summed E-state index contributed by atoms with van der Waals surface area (Å²) in [5.74, 6) is -0.382. The van der Waals surface area contributed by atoms with E-state index >= 15 is 0 Å². The number of hydrogen-bond donors (Lipinski definition) is 0. The van der Waals surface area contributed by atoms with Crippen molar-refractivity contribution in [1.29, 1.82) is 0 Å². The summed E-state index contributed by atoms with van der Waals surface area (Å²) in [6, 6.07) is 28.0. The largest absolute Gasteiger partial charge is 0.459 e. The number of carbonyl (C=O) groups is 2. The lowest BCUT2D eigenvalue weighted by Crippen LogP contribution is -2.40. The Labute approximate surface area is 178 Å². The van der Waals surface area contributed by atoms with Crippen LogP contribution in [0.3, 0.4) is 0 Å². The molecule has 2 unspecified atom stereocenters. The van der Waals surface area contributed by atoms with Crippen LogP contribution in [0.4, 0.5) is 0 Å². The lowest BCUT2D eigenvalue weighted by molar-refractivity contribution is 0.0250. The van der Waals surface area contributed by atoms with Gasteiger partial charge in [0.15, 0.2) is 0 Å². The molecule has 3 aromatic rings. The third-order valence-corrected chi connectivity index (χ3v) is 5.00. The molecule has 154 valence electrons. The summed E-state index contributed by atoms with van der Waals surface area (Å²) < 4.78 is 5.62. The van der Waals surface area contributed by atoms with E-state index in [0.29, 0.717) is 24.1 Å². The third kappa shape index (κ3) is 5.80. The quantitative estimate of drug-likeness (QED) is 0.478. The molecule has 4 heteroatoms. The molecule has 0 saturated heterocycles. The zero-order chi connectivity index (χ0) is 21.3. The first-order valence-electron chi connectivity index (χ1n) is 10.2. The van der Waals surface area contributed by atoms with Gasteiger partial charge in [-0.05, 0) is 43.7 Å². The molecule has 0 radical (unpaired) electrons. The first-order chi connectivity index (χ1) is 14.5. The van der Waals surface area contributed by atoms with E-state index in [-0.39, 0.29) is 24.0 Å². The summed E-state index contributed by atoms with van der Waals surface area (Å²) >= 11 is 0. The van der Waals surface area contributed by atoms with E-state index in [4.69, 9.17) is 4.74 Å². The van der Waals surface area contributed by atoms with Gasteiger partial charge in [0.05, 0.1) is 5.56 Å². The Hall–Kier alpha value is -3.40.